The number of amides is 1. The van der Waals surface area contributed by atoms with Gasteiger partial charge < -0.3 is 9.32 Å². The van der Waals surface area contributed by atoms with Crippen LogP contribution in [0.25, 0.3) is 17.1 Å². The van der Waals surface area contributed by atoms with E-state index < -0.39 is 10.0 Å². The lowest BCUT2D eigenvalue weighted by Crippen LogP contribution is -2.37. The zero-order chi connectivity index (χ0) is 21.3. The van der Waals surface area contributed by atoms with E-state index in [1.165, 1.54) is 10.6 Å². The molecule has 1 amide bonds. The quantitative estimate of drug-likeness (QED) is 0.612. The first-order valence-corrected chi connectivity index (χ1v) is 11.7. The van der Waals surface area contributed by atoms with Gasteiger partial charge in [-0.05, 0) is 42.8 Å². The molecule has 10 heteroatoms. The van der Waals surface area contributed by atoms with Crippen molar-refractivity contribution in [3.63, 3.8) is 0 Å². The molecule has 30 heavy (non-hydrogen) atoms. The highest BCUT2D eigenvalue weighted by Crippen LogP contribution is 2.26. The van der Waals surface area contributed by atoms with Crippen molar-refractivity contribution < 1.29 is 17.6 Å². The van der Waals surface area contributed by atoms with Crippen LogP contribution >= 0.6 is 11.6 Å². The zero-order valence-electron chi connectivity index (χ0n) is 16.4. The van der Waals surface area contributed by atoms with Gasteiger partial charge in [0.05, 0.1) is 18.2 Å². The molecule has 1 aromatic carbocycles. The normalized spacial score (nSPS) is 15.9. The van der Waals surface area contributed by atoms with Crippen molar-refractivity contribution in [1.82, 2.24) is 19.0 Å². The molecule has 0 aliphatic carbocycles. The predicted octanol–water partition coefficient (Wildman–Crippen LogP) is 2.89. The second kappa shape index (κ2) is 8.25. The Bertz CT molecular complexity index is 1140. The molecule has 0 N–H and O–H groups in total. The number of carbonyl (C=O) groups is 1. The van der Waals surface area contributed by atoms with Crippen LogP contribution in [0.2, 0.25) is 5.02 Å². The molecule has 0 spiro atoms. The van der Waals surface area contributed by atoms with Crippen LogP contribution in [-0.2, 0) is 10.0 Å². The van der Waals surface area contributed by atoms with Gasteiger partial charge in [-0.2, -0.15) is 5.10 Å². The summed E-state index contributed by atoms with van der Waals surface area (Å²) in [6, 6.07) is 12.4. The van der Waals surface area contributed by atoms with E-state index >= 15 is 0 Å². The molecule has 4 rings (SSSR count). The number of rotatable bonds is 4. The summed E-state index contributed by atoms with van der Waals surface area (Å²) in [6.07, 6.45) is 3.32. The number of halogens is 1. The van der Waals surface area contributed by atoms with E-state index in [-0.39, 0.29) is 18.1 Å². The Balaban J connectivity index is 1.65. The van der Waals surface area contributed by atoms with Gasteiger partial charge in [-0.25, -0.2) is 17.4 Å². The van der Waals surface area contributed by atoms with Gasteiger partial charge >= 0.3 is 0 Å². The molecule has 3 aromatic rings. The van der Waals surface area contributed by atoms with Crippen LogP contribution in [0.5, 0.6) is 0 Å². The fourth-order valence-electron chi connectivity index (χ4n) is 3.46. The lowest BCUT2D eigenvalue weighted by Gasteiger charge is -2.20. The molecule has 0 unspecified atom stereocenters. The van der Waals surface area contributed by atoms with E-state index in [9.17, 15) is 13.2 Å². The Morgan fingerprint density at radius 1 is 1.10 bits per heavy atom. The molecule has 8 nitrogen and oxygen atoms in total. The molecular weight excluding hydrogens is 428 g/mol. The number of nitrogens with zero attached hydrogens (tertiary/aromatic N) is 4. The SMILES string of the molecule is CS(=O)(=O)N1CCCN(C(=O)c2cc(-c3ccco3)n(-c3ccc(Cl)cc3)n2)CC1. The van der Waals surface area contributed by atoms with Crippen molar-refractivity contribution in [2.75, 3.05) is 32.4 Å². The van der Waals surface area contributed by atoms with Gasteiger partial charge in [-0.3, -0.25) is 4.79 Å². The lowest BCUT2D eigenvalue weighted by molar-refractivity contribution is 0.0758. The Labute approximate surface area is 179 Å². The van der Waals surface area contributed by atoms with Crippen LogP contribution < -0.4 is 0 Å². The van der Waals surface area contributed by atoms with Gasteiger partial charge in [0.15, 0.2) is 11.5 Å². The molecule has 3 heterocycles. The number of sulfonamides is 1. The van der Waals surface area contributed by atoms with Crippen LogP contribution in [0.4, 0.5) is 0 Å². The van der Waals surface area contributed by atoms with Gasteiger partial charge in [0, 0.05) is 37.3 Å². The molecule has 158 valence electrons. The Kier molecular flexibility index (Phi) is 5.68. The third kappa shape index (κ3) is 4.28. The van der Waals surface area contributed by atoms with Crippen LogP contribution in [-0.4, -0.2) is 65.7 Å². The highest BCUT2D eigenvalue weighted by atomic mass is 35.5. The Hall–Kier alpha value is -2.62. The van der Waals surface area contributed by atoms with E-state index in [4.69, 9.17) is 16.0 Å². The minimum absolute atomic E-state index is 0.245. The average molecular weight is 449 g/mol. The summed E-state index contributed by atoms with van der Waals surface area (Å²) in [7, 11) is -3.28. The van der Waals surface area contributed by atoms with E-state index in [0.717, 1.165) is 5.69 Å². The van der Waals surface area contributed by atoms with Crippen molar-refractivity contribution in [3.05, 3.63) is 59.4 Å². The van der Waals surface area contributed by atoms with Gasteiger partial charge in [0.2, 0.25) is 10.0 Å². The molecule has 1 saturated heterocycles. The number of hydrogen-bond donors (Lipinski definition) is 0. The van der Waals surface area contributed by atoms with E-state index in [1.807, 2.05) is 12.1 Å². The maximum atomic E-state index is 13.2. The average Bonchev–Trinajstić information content (AvgIpc) is 3.31. The standard InChI is InChI=1S/C20H21ClN4O4S/c1-30(27,28)24-10-3-9-23(11-12-24)20(26)17-14-18(19-4-2-13-29-19)25(22-17)16-7-5-15(21)6-8-16/h2,4-8,13-14H,3,9-12H2,1H3. The first kappa shape index (κ1) is 20.6. The summed E-state index contributed by atoms with van der Waals surface area (Å²) in [4.78, 5) is 14.8. The summed E-state index contributed by atoms with van der Waals surface area (Å²) in [5, 5.41) is 5.13. The van der Waals surface area contributed by atoms with Crippen LogP contribution in [0.1, 0.15) is 16.9 Å². The molecule has 0 radical (unpaired) electrons. The van der Waals surface area contributed by atoms with Crippen molar-refractivity contribution >= 4 is 27.5 Å². The van der Waals surface area contributed by atoms with Crippen molar-refractivity contribution in [3.8, 4) is 17.1 Å². The van der Waals surface area contributed by atoms with Crippen molar-refractivity contribution in [2.45, 2.75) is 6.42 Å². The maximum Gasteiger partial charge on any atom is 0.274 e. The second-order valence-corrected chi connectivity index (χ2v) is 9.51. The molecule has 2 aromatic heterocycles. The van der Waals surface area contributed by atoms with Crippen molar-refractivity contribution in [2.24, 2.45) is 0 Å². The van der Waals surface area contributed by atoms with Gasteiger partial charge in [-0.15, -0.1) is 0 Å². The van der Waals surface area contributed by atoms with Gasteiger partial charge in [-0.1, -0.05) is 11.6 Å². The summed E-state index contributed by atoms with van der Waals surface area (Å²) < 4.78 is 32.2. The van der Waals surface area contributed by atoms with Crippen molar-refractivity contribution in [1.29, 1.82) is 0 Å². The monoisotopic (exact) mass is 448 g/mol. The minimum atomic E-state index is -3.28. The zero-order valence-corrected chi connectivity index (χ0v) is 17.9. The molecule has 1 aliphatic rings. The third-order valence-electron chi connectivity index (χ3n) is 4.98. The van der Waals surface area contributed by atoms with E-state index in [0.29, 0.717) is 42.5 Å². The molecule has 0 saturated carbocycles. The second-order valence-electron chi connectivity index (χ2n) is 7.09. The predicted molar refractivity (Wildman–Crippen MR) is 113 cm³/mol. The van der Waals surface area contributed by atoms with Crippen LogP contribution in [0.3, 0.4) is 0 Å². The van der Waals surface area contributed by atoms with E-state index in [2.05, 4.69) is 5.10 Å². The van der Waals surface area contributed by atoms with E-state index in [1.54, 1.807) is 46.2 Å². The summed E-state index contributed by atoms with van der Waals surface area (Å²) >= 11 is 6.00. The highest BCUT2D eigenvalue weighted by Gasteiger charge is 2.27. The van der Waals surface area contributed by atoms with Crippen LogP contribution in [0, 0.1) is 0 Å². The number of aromatic nitrogens is 2. The Morgan fingerprint density at radius 2 is 1.87 bits per heavy atom. The molecular formula is C20H21ClN4O4S. The first-order chi connectivity index (χ1) is 14.3. The van der Waals surface area contributed by atoms with Gasteiger partial charge in [0.1, 0.15) is 5.69 Å². The van der Waals surface area contributed by atoms with Crippen LogP contribution in [0.15, 0.2) is 53.1 Å². The molecule has 1 aliphatic heterocycles. The molecule has 0 atom stereocenters. The van der Waals surface area contributed by atoms with Gasteiger partial charge in [0.25, 0.3) is 5.91 Å². The summed E-state index contributed by atoms with van der Waals surface area (Å²) in [5.74, 6) is 0.335. The largest absolute Gasteiger partial charge is 0.463 e. The first-order valence-electron chi connectivity index (χ1n) is 9.47. The minimum Gasteiger partial charge on any atom is -0.463 e. The highest BCUT2D eigenvalue weighted by molar-refractivity contribution is 7.88. The maximum absolute atomic E-state index is 13.2. The number of carbonyl (C=O) groups excluding carboxylic acids is 1. The summed E-state index contributed by atoms with van der Waals surface area (Å²) in [6.45, 7) is 1.46. The smallest absolute Gasteiger partial charge is 0.274 e. The molecule has 1 fully saturated rings. The lowest BCUT2D eigenvalue weighted by atomic mass is 10.2. The topological polar surface area (TPSA) is 88.7 Å². The fraction of sp³-hybridized carbons (Fsp3) is 0.300. The molecule has 0 bridgehead atoms. The Morgan fingerprint density at radius 3 is 2.53 bits per heavy atom. The third-order valence-corrected chi connectivity index (χ3v) is 6.54. The summed E-state index contributed by atoms with van der Waals surface area (Å²) in [5.41, 5.74) is 1.64. The number of benzene rings is 1. The number of furan rings is 1. The number of hydrogen-bond acceptors (Lipinski definition) is 5. The fourth-order valence-corrected chi connectivity index (χ4v) is 4.46.